The first-order valence-corrected chi connectivity index (χ1v) is 7.95. The predicted molar refractivity (Wildman–Crippen MR) is 84.3 cm³/mol. The summed E-state index contributed by atoms with van der Waals surface area (Å²) >= 11 is 0. The Morgan fingerprint density at radius 3 is 2.82 bits per heavy atom. The van der Waals surface area contributed by atoms with E-state index in [0.717, 1.165) is 49.4 Å². The lowest BCUT2D eigenvalue weighted by Gasteiger charge is -2.30. The third-order valence-corrected chi connectivity index (χ3v) is 4.55. The highest BCUT2D eigenvalue weighted by Gasteiger charge is 2.28. The van der Waals surface area contributed by atoms with E-state index in [9.17, 15) is 4.79 Å². The Morgan fingerprint density at radius 2 is 2.09 bits per heavy atom. The van der Waals surface area contributed by atoms with Crippen LogP contribution in [-0.4, -0.2) is 34.1 Å². The molecule has 2 N–H and O–H groups in total. The van der Waals surface area contributed by atoms with E-state index in [1.54, 1.807) is 0 Å². The highest BCUT2D eigenvalue weighted by atomic mass is 16.2. The number of aromatic nitrogens is 2. The molecule has 22 heavy (non-hydrogen) atoms. The van der Waals surface area contributed by atoms with Crippen LogP contribution in [0.4, 0.5) is 0 Å². The van der Waals surface area contributed by atoms with Crippen molar-refractivity contribution in [3.63, 3.8) is 0 Å². The number of benzene rings is 1. The zero-order valence-corrected chi connectivity index (χ0v) is 12.5. The van der Waals surface area contributed by atoms with Crippen molar-refractivity contribution >= 4 is 5.91 Å². The third-order valence-electron chi connectivity index (χ3n) is 4.55. The van der Waals surface area contributed by atoms with E-state index in [4.69, 9.17) is 4.98 Å². The van der Waals surface area contributed by atoms with E-state index in [1.165, 1.54) is 0 Å². The molecule has 1 aromatic carbocycles. The van der Waals surface area contributed by atoms with Gasteiger partial charge in [0.2, 0.25) is 5.91 Å². The fraction of sp³-hybridized carbons (Fsp3) is 0.412. The Bertz CT molecular complexity index is 675. The molecule has 4 rings (SSSR count). The van der Waals surface area contributed by atoms with E-state index in [-0.39, 0.29) is 18.0 Å². The zero-order chi connectivity index (χ0) is 14.9. The van der Waals surface area contributed by atoms with Gasteiger partial charge in [0.25, 0.3) is 0 Å². The van der Waals surface area contributed by atoms with E-state index in [1.807, 2.05) is 18.2 Å². The van der Waals surface area contributed by atoms with E-state index in [0.29, 0.717) is 0 Å². The molecule has 5 nitrogen and oxygen atoms in total. The maximum absolute atomic E-state index is 12.0. The molecule has 5 heteroatoms. The number of aryl methyl sites for hydroxylation is 1. The molecular weight excluding hydrogens is 276 g/mol. The minimum atomic E-state index is 0.0177. The second-order valence-corrected chi connectivity index (χ2v) is 6.10. The SMILES string of the molecule is O=C(NC1CCc2nc(-c3ccccc3)cn2C1)C1CCN1. The summed E-state index contributed by atoms with van der Waals surface area (Å²) < 4.78 is 2.19. The standard InChI is InChI=1S/C17H20N4O/c22-17(14-8-9-18-14)19-13-6-7-16-20-15(11-21(16)10-13)12-4-2-1-3-5-12/h1-5,11,13-14,18H,6-10H2,(H,19,22). The molecule has 2 aliphatic rings. The zero-order valence-electron chi connectivity index (χ0n) is 12.5. The van der Waals surface area contributed by atoms with Gasteiger partial charge in [0.1, 0.15) is 5.82 Å². The van der Waals surface area contributed by atoms with Crippen LogP contribution in [0.2, 0.25) is 0 Å². The van der Waals surface area contributed by atoms with Crippen molar-refractivity contribution in [2.75, 3.05) is 6.54 Å². The Labute approximate surface area is 129 Å². The third kappa shape index (κ3) is 2.52. The van der Waals surface area contributed by atoms with Gasteiger partial charge >= 0.3 is 0 Å². The maximum atomic E-state index is 12.0. The molecule has 2 aromatic rings. The van der Waals surface area contributed by atoms with Crippen molar-refractivity contribution in [2.45, 2.75) is 37.9 Å². The lowest BCUT2D eigenvalue weighted by Crippen LogP contribution is -2.56. The van der Waals surface area contributed by atoms with Gasteiger partial charge in [0, 0.05) is 30.8 Å². The predicted octanol–water partition coefficient (Wildman–Crippen LogP) is 1.34. The van der Waals surface area contributed by atoms with Crippen LogP contribution in [-0.2, 0) is 17.8 Å². The smallest absolute Gasteiger partial charge is 0.237 e. The van der Waals surface area contributed by atoms with Gasteiger partial charge in [0.05, 0.1) is 11.7 Å². The lowest BCUT2D eigenvalue weighted by atomic mass is 10.0. The first-order valence-electron chi connectivity index (χ1n) is 7.95. The number of amides is 1. The van der Waals surface area contributed by atoms with Gasteiger partial charge < -0.3 is 15.2 Å². The van der Waals surface area contributed by atoms with Gasteiger partial charge in [-0.05, 0) is 19.4 Å². The lowest BCUT2D eigenvalue weighted by molar-refractivity contribution is -0.125. The fourth-order valence-corrected chi connectivity index (χ4v) is 3.12. The molecule has 2 aliphatic heterocycles. The summed E-state index contributed by atoms with van der Waals surface area (Å²) in [7, 11) is 0. The van der Waals surface area contributed by atoms with Gasteiger partial charge in [-0.25, -0.2) is 4.98 Å². The second kappa shape index (κ2) is 5.57. The van der Waals surface area contributed by atoms with E-state index < -0.39 is 0 Å². The second-order valence-electron chi connectivity index (χ2n) is 6.10. The summed E-state index contributed by atoms with van der Waals surface area (Å²) in [6, 6.07) is 10.5. The quantitative estimate of drug-likeness (QED) is 0.899. The van der Waals surface area contributed by atoms with Crippen molar-refractivity contribution in [1.82, 2.24) is 20.2 Å². The molecule has 1 amide bonds. The molecule has 114 valence electrons. The summed E-state index contributed by atoms with van der Waals surface area (Å²) in [5.41, 5.74) is 2.16. The molecule has 0 aliphatic carbocycles. The van der Waals surface area contributed by atoms with Gasteiger partial charge in [-0.15, -0.1) is 0 Å². The topological polar surface area (TPSA) is 59.0 Å². The van der Waals surface area contributed by atoms with Crippen molar-refractivity contribution < 1.29 is 4.79 Å². The molecule has 2 unspecified atom stereocenters. The molecule has 2 atom stereocenters. The number of carbonyl (C=O) groups excluding carboxylic acids is 1. The Balaban J connectivity index is 1.47. The number of nitrogens with one attached hydrogen (secondary N) is 2. The minimum Gasteiger partial charge on any atom is -0.350 e. The van der Waals surface area contributed by atoms with E-state index in [2.05, 4.69) is 33.5 Å². The molecule has 0 bridgehead atoms. The summed E-state index contributed by atoms with van der Waals surface area (Å²) in [5, 5.41) is 6.31. The van der Waals surface area contributed by atoms with Crippen molar-refractivity contribution in [2.24, 2.45) is 0 Å². The first-order chi connectivity index (χ1) is 10.8. The largest absolute Gasteiger partial charge is 0.350 e. The van der Waals surface area contributed by atoms with Crippen molar-refractivity contribution in [1.29, 1.82) is 0 Å². The van der Waals surface area contributed by atoms with Crippen LogP contribution in [0.3, 0.4) is 0 Å². The molecule has 1 aromatic heterocycles. The van der Waals surface area contributed by atoms with Crippen LogP contribution in [0.1, 0.15) is 18.7 Å². The average Bonchev–Trinajstić information content (AvgIpc) is 2.89. The van der Waals surface area contributed by atoms with Gasteiger partial charge in [-0.2, -0.15) is 0 Å². The van der Waals surface area contributed by atoms with Crippen LogP contribution < -0.4 is 10.6 Å². The maximum Gasteiger partial charge on any atom is 0.237 e. The van der Waals surface area contributed by atoms with Crippen molar-refractivity contribution in [3.05, 3.63) is 42.4 Å². The molecule has 3 heterocycles. The van der Waals surface area contributed by atoms with Gasteiger partial charge in [-0.3, -0.25) is 4.79 Å². The number of hydrogen-bond donors (Lipinski definition) is 2. The number of fused-ring (bicyclic) bond motifs is 1. The highest BCUT2D eigenvalue weighted by molar-refractivity contribution is 5.82. The van der Waals surface area contributed by atoms with Crippen LogP contribution >= 0.6 is 0 Å². The number of rotatable bonds is 3. The van der Waals surface area contributed by atoms with Crippen LogP contribution in [0.25, 0.3) is 11.3 Å². The normalized spacial score (nSPS) is 23.5. The molecule has 0 radical (unpaired) electrons. The Kier molecular flexibility index (Phi) is 3.42. The summed E-state index contributed by atoms with van der Waals surface area (Å²) in [5.74, 6) is 1.26. The fourth-order valence-electron chi connectivity index (χ4n) is 3.12. The van der Waals surface area contributed by atoms with Crippen molar-refractivity contribution in [3.8, 4) is 11.3 Å². The molecule has 0 spiro atoms. The summed E-state index contributed by atoms with van der Waals surface area (Å²) in [6.45, 7) is 1.77. The van der Waals surface area contributed by atoms with Crippen LogP contribution in [0.15, 0.2) is 36.5 Å². The first kappa shape index (κ1) is 13.5. The monoisotopic (exact) mass is 296 g/mol. The number of imidazole rings is 1. The Hall–Kier alpha value is -2.14. The average molecular weight is 296 g/mol. The van der Waals surface area contributed by atoms with Gasteiger partial charge in [-0.1, -0.05) is 30.3 Å². The number of carbonyl (C=O) groups is 1. The van der Waals surface area contributed by atoms with Gasteiger partial charge in [0.15, 0.2) is 0 Å². The molecule has 1 saturated heterocycles. The Morgan fingerprint density at radius 1 is 1.27 bits per heavy atom. The minimum absolute atomic E-state index is 0.0177. The number of nitrogens with zero attached hydrogens (tertiary/aromatic N) is 2. The molecule has 1 fully saturated rings. The number of hydrogen-bond acceptors (Lipinski definition) is 3. The molecular formula is C17H20N4O. The van der Waals surface area contributed by atoms with Crippen LogP contribution in [0, 0.1) is 0 Å². The van der Waals surface area contributed by atoms with Crippen LogP contribution in [0.5, 0.6) is 0 Å². The summed E-state index contributed by atoms with van der Waals surface area (Å²) in [6.07, 6.45) is 4.93. The molecule has 0 saturated carbocycles. The highest BCUT2D eigenvalue weighted by Crippen LogP contribution is 2.22. The van der Waals surface area contributed by atoms with E-state index >= 15 is 0 Å². The summed E-state index contributed by atoms with van der Waals surface area (Å²) in [4.78, 5) is 16.8.